The normalized spacial score (nSPS) is 19.9. The Morgan fingerprint density at radius 1 is 1.30 bits per heavy atom. The summed E-state index contributed by atoms with van der Waals surface area (Å²) in [6, 6.07) is 6.70. The molecular weight excluding hydrogens is 450 g/mol. The van der Waals surface area contributed by atoms with Crippen LogP contribution in [0.2, 0.25) is 5.02 Å². The Balaban J connectivity index is 1.60. The number of para-hydroxylation sites is 1. The fraction of sp³-hybridized carbons (Fsp3) is 0.409. The van der Waals surface area contributed by atoms with Crippen molar-refractivity contribution in [2.45, 2.75) is 32.1 Å². The maximum atomic E-state index is 13.0. The number of aromatic amines is 1. The Labute approximate surface area is 194 Å². The van der Waals surface area contributed by atoms with Crippen molar-refractivity contribution < 1.29 is 19.1 Å². The van der Waals surface area contributed by atoms with Gasteiger partial charge in [0, 0.05) is 19.5 Å². The average molecular weight is 474 g/mol. The molecule has 11 heteroatoms. The van der Waals surface area contributed by atoms with Crippen LogP contribution in [0, 0.1) is 5.92 Å². The van der Waals surface area contributed by atoms with Crippen molar-refractivity contribution in [1.82, 2.24) is 9.97 Å². The lowest BCUT2D eigenvalue weighted by Crippen LogP contribution is -2.42. The Bertz CT molecular complexity index is 1150. The van der Waals surface area contributed by atoms with Gasteiger partial charge in [-0.15, -0.1) is 0 Å². The molecule has 4 rings (SSSR count). The van der Waals surface area contributed by atoms with E-state index in [2.05, 4.69) is 20.6 Å². The number of carbonyl (C=O) groups is 3. The number of hydrogen-bond acceptors (Lipinski definition) is 7. The molecule has 10 nitrogen and oxygen atoms in total. The Hall–Kier alpha value is -3.40. The second-order valence-corrected chi connectivity index (χ2v) is 8.37. The number of fused-ring (bicyclic) bond motifs is 1. The van der Waals surface area contributed by atoms with Gasteiger partial charge in [-0.3, -0.25) is 24.2 Å². The summed E-state index contributed by atoms with van der Waals surface area (Å²) in [6.45, 7) is 2.97. The van der Waals surface area contributed by atoms with E-state index in [4.69, 9.17) is 16.3 Å². The second kappa shape index (κ2) is 9.62. The van der Waals surface area contributed by atoms with Crippen LogP contribution in [0.5, 0.6) is 0 Å². The number of nitrogens with zero attached hydrogens (tertiary/aromatic N) is 2. The third-order valence-corrected chi connectivity index (χ3v) is 6.06. The first-order chi connectivity index (χ1) is 15.9. The largest absolute Gasteiger partial charge is 0.466 e. The quantitative estimate of drug-likeness (QED) is 0.567. The van der Waals surface area contributed by atoms with E-state index in [0.717, 1.165) is 6.42 Å². The van der Waals surface area contributed by atoms with E-state index in [1.165, 1.54) is 0 Å². The van der Waals surface area contributed by atoms with Crippen LogP contribution < -0.4 is 21.1 Å². The molecule has 1 aromatic heterocycles. The third kappa shape index (κ3) is 4.85. The summed E-state index contributed by atoms with van der Waals surface area (Å²) >= 11 is 6.12. The number of nitrogens with one attached hydrogen (secondary N) is 3. The number of H-pyrrole nitrogens is 1. The number of amides is 2. The first-order valence-electron chi connectivity index (χ1n) is 10.8. The molecule has 1 saturated heterocycles. The van der Waals surface area contributed by atoms with Crippen LogP contribution in [0.1, 0.15) is 37.7 Å². The lowest BCUT2D eigenvalue weighted by Gasteiger charge is -2.32. The van der Waals surface area contributed by atoms with E-state index in [-0.39, 0.29) is 35.6 Å². The van der Waals surface area contributed by atoms with Gasteiger partial charge in [-0.2, -0.15) is 4.98 Å². The molecule has 174 valence electrons. The summed E-state index contributed by atoms with van der Waals surface area (Å²) < 4.78 is 5.12. The van der Waals surface area contributed by atoms with Crippen molar-refractivity contribution in [3.8, 4) is 0 Å². The van der Waals surface area contributed by atoms with E-state index < -0.39 is 23.3 Å². The number of halogens is 1. The maximum Gasteiger partial charge on any atom is 0.310 e. The highest BCUT2D eigenvalue weighted by Gasteiger charge is 2.36. The van der Waals surface area contributed by atoms with Crippen LogP contribution in [-0.2, 0) is 19.1 Å². The number of rotatable bonds is 5. The van der Waals surface area contributed by atoms with Gasteiger partial charge in [0.1, 0.15) is 5.82 Å². The summed E-state index contributed by atoms with van der Waals surface area (Å²) in [4.78, 5) is 59.4. The average Bonchev–Trinajstić information content (AvgIpc) is 2.80. The predicted octanol–water partition coefficient (Wildman–Crippen LogP) is 2.27. The van der Waals surface area contributed by atoms with E-state index in [1.54, 1.807) is 36.1 Å². The maximum absolute atomic E-state index is 13.0. The molecular formula is C22H24ClN5O5. The summed E-state index contributed by atoms with van der Waals surface area (Å²) in [6.07, 6.45) is 1.22. The molecule has 0 bridgehead atoms. The van der Waals surface area contributed by atoms with Gasteiger partial charge < -0.3 is 20.3 Å². The molecule has 33 heavy (non-hydrogen) atoms. The first-order valence-corrected chi connectivity index (χ1v) is 11.2. The van der Waals surface area contributed by atoms with E-state index >= 15 is 0 Å². The van der Waals surface area contributed by atoms with Crippen molar-refractivity contribution in [3.63, 3.8) is 0 Å². The summed E-state index contributed by atoms with van der Waals surface area (Å²) in [5.74, 6) is -2.31. The fourth-order valence-corrected chi connectivity index (χ4v) is 4.32. The van der Waals surface area contributed by atoms with Gasteiger partial charge in [0.2, 0.25) is 17.8 Å². The second-order valence-electron chi connectivity index (χ2n) is 7.96. The molecule has 3 N–H and O–H groups in total. The summed E-state index contributed by atoms with van der Waals surface area (Å²) in [5.41, 5.74) is -0.0505. The minimum absolute atomic E-state index is 0.0440. The monoisotopic (exact) mass is 473 g/mol. The van der Waals surface area contributed by atoms with Crippen LogP contribution in [0.4, 0.5) is 17.5 Å². The van der Waals surface area contributed by atoms with Crippen LogP contribution in [0.25, 0.3) is 0 Å². The molecule has 0 radical (unpaired) electrons. The van der Waals surface area contributed by atoms with Crippen LogP contribution in [0.15, 0.2) is 29.1 Å². The van der Waals surface area contributed by atoms with Gasteiger partial charge in [0.15, 0.2) is 0 Å². The minimum atomic E-state index is -1.02. The van der Waals surface area contributed by atoms with Crippen molar-refractivity contribution in [2.24, 2.45) is 5.92 Å². The zero-order chi connectivity index (χ0) is 23.5. The van der Waals surface area contributed by atoms with Gasteiger partial charge in [-0.05, 0) is 31.9 Å². The summed E-state index contributed by atoms with van der Waals surface area (Å²) in [7, 11) is 0. The zero-order valence-corrected chi connectivity index (χ0v) is 18.8. The molecule has 1 fully saturated rings. The highest BCUT2D eigenvalue weighted by molar-refractivity contribution is 6.33. The fourth-order valence-electron chi connectivity index (χ4n) is 4.14. The topological polar surface area (TPSA) is 133 Å². The SMILES string of the molecule is CCOC(=O)[C@H]1CCCN(c2nc3c(c(=O)[nH]2)[C@H](C(=O)Nc2ccccc2Cl)CC(=O)N3)C1. The van der Waals surface area contributed by atoms with Gasteiger partial charge in [0.25, 0.3) is 5.56 Å². The van der Waals surface area contributed by atoms with Crippen molar-refractivity contribution in [2.75, 3.05) is 35.2 Å². The molecule has 2 aliphatic rings. The van der Waals surface area contributed by atoms with E-state index in [1.807, 2.05) is 0 Å². The van der Waals surface area contributed by atoms with Gasteiger partial charge >= 0.3 is 5.97 Å². The minimum Gasteiger partial charge on any atom is -0.466 e. The first kappa shape index (κ1) is 22.8. The molecule has 2 atom stereocenters. The molecule has 2 aromatic rings. The van der Waals surface area contributed by atoms with Crippen LogP contribution >= 0.6 is 11.6 Å². The predicted molar refractivity (Wildman–Crippen MR) is 122 cm³/mol. The smallest absolute Gasteiger partial charge is 0.310 e. The Morgan fingerprint density at radius 2 is 2.09 bits per heavy atom. The number of carbonyl (C=O) groups excluding carboxylic acids is 3. The number of piperidine rings is 1. The number of benzene rings is 1. The third-order valence-electron chi connectivity index (χ3n) is 5.73. The Kier molecular flexibility index (Phi) is 6.64. The van der Waals surface area contributed by atoms with E-state index in [9.17, 15) is 19.2 Å². The van der Waals surface area contributed by atoms with Crippen LogP contribution in [-0.4, -0.2) is 47.4 Å². The van der Waals surface area contributed by atoms with Crippen molar-refractivity contribution >= 4 is 46.8 Å². The molecule has 0 unspecified atom stereocenters. The van der Waals surface area contributed by atoms with E-state index in [0.29, 0.717) is 36.8 Å². The van der Waals surface area contributed by atoms with Crippen molar-refractivity contribution in [3.05, 3.63) is 45.2 Å². The number of esters is 1. The number of hydrogen-bond donors (Lipinski definition) is 3. The molecule has 0 aliphatic carbocycles. The van der Waals surface area contributed by atoms with Gasteiger partial charge in [-0.25, -0.2) is 0 Å². The summed E-state index contributed by atoms with van der Waals surface area (Å²) in [5, 5.41) is 5.63. The zero-order valence-electron chi connectivity index (χ0n) is 18.0. The van der Waals surface area contributed by atoms with Gasteiger partial charge in [-0.1, -0.05) is 23.7 Å². The lowest BCUT2D eigenvalue weighted by atomic mass is 9.92. The molecule has 0 saturated carbocycles. The standard InChI is InChI=1S/C22H24ClN5O5/c1-2-33-21(32)12-6-5-9-28(11-12)22-26-18-17(20(31)27-22)13(10-16(29)25-18)19(30)24-15-8-4-3-7-14(15)23/h3-4,7-8,12-13H,2,5-6,9-11H2,1H3,(H,24,30)(H2,25,26,27,29,31)/t12-,13+/m0/s1. The lowest BCUT2D eigenvalue weighted by molar-refractivity contribution is -0.148. The Morgan fingerprint density at radius 3 is 2.85 bits per heavy atom. The molecule has 1 aromatic carbocycles. The van der Waals surface area contributed by atoms with Crippen LogP contribution in [0.3, 0.4) is 0 Å². The molecule has 0 spiro atoms. The highest BCUT2D eigenvalue weighted by Crippen LogP contribution is 2.32. The molecule has 2 amide bonds. The van der Waals surface area contributed by atoms with Crippen molar-refractivity contribution in [1.29, 1.82) is 0 Å². The number of aromatic nitrogens is 2. The number of ether oxygens (including phenoxy) is 1. The van der Waals surface area contributed by atoms with Gasteiger partial charge in [0.05, 0.1) is 34.7 Å². The number of anilines is 3. The highest BCUT2D eigenvalue weighted by atomic mass is 35.5. The molecule has 2 aliphatic heterocycles. The molecule has 3 heterocycles.